The first-order chi connectivity index (χ1) is 12.6. The standard InChI is InChI=1S/C19H23F4N3O/c1-5-12(2)6-16-8-14(7-13(3)26(16)24-4)15-9-17(20)18(25-10-15)27-11-19(21,22)23/h6-10,12,24H,5,11H2,1-4H3/b16-6-. The summed E-state index contributed by atoms with van der Waals surface area (Å²) in [4.78, 5) is 3.71. The van der Waals surface area contributed by atoms with Crippen molar-refractivity contribution in [1.29, 1.82) is 0 Å². The molecule has 148 valence electrons. The van der Waals surface area contributed by atoms with Gasteiger partial charge in [0.2, 0.25) is 0 Å². The third kappa shape index (κ3) is 5.56. The van der Waals surface area contributed by atoms with Crippen molar-refractivity contribution in [3.8, 4) is 5.88 Å². The highest BCUT2D eigenvalue weighted by atomic mass is 19.4. The highest BCUT2D eigenvalue weighted by molar-refractivity contribution is 5.78. The quantitative estimate of drug-likeness (QED) is 0.712. The van der Waals surface area contributed by atoms with Crippen LogP contribution in [-0.4, -0.2) is 29.8 Å². The number of hydrogen-bond donors (Lipinski definition) is 1. The predicted molar refractivity (Wildman–Crippen MR) is 95.9 cm³/mol. The van der Waals surface area contributed by atoms with Crippen molar-refractivity contribution in [2.45, 2.75) is 33.4 Å². The summed E-state index contributed by atoms with van der Waals surface area (Å²) in [5.74, 6) is -1.26. The zero-order chi connectivity index (χ0) is 20.2. The van der Waals surface area contributed by atoms with Gasteiger partial charge in [-0.3, -0.25) is 5.01 Å². The molecule has 0 aliphatic carbocycles. The van der Waals surface area contributed by atoms with E-state index in [-0.39, 0.29) is 0 Å². The van der Waals surface area contributed by atoms with Crippen LogP contribution in [-0.2, 0) is 0 Å². The average molecular weight is 385 g/mol. The van der Waals surface area contributed by atoms with Crippen molar-refractivity contribution < 1.29 is 22.3 Å². The third-order valence-electron chi connectivity index (χ3n) is 4.11. The molecule has 0 saturated heterocycles. The van der Waals surface area contributed by atoms with E-state index in [9.17, 15) is 17.6 Å². The Morgan fingerprint density at radius 1 is 1.33 bits per heavy atom. The highest BCUT2D eigenvalue weighted by Gasteiger charge is 2.29. The minimum atomic E-state index is -4.55. The number of hydrazine groups is 1. The van der Waals surface area contributed by atoms with E-state index in [0.29, 0.717) is 17.1 Å². The van der Waals surface area contributed by atoms with Gasteiger partial charge in [-0.2, -0.15) is 13.2 Å². The second-order valence-corrected chi connectivity index (χ2v) is 6.34. The summed E-state index contributed by atoms with van der Waals surface area (Å²) in [6.07, 6.45) is 3.54. The molecule has 0 bridgehead atoms. The van der Waals surface area contributed by atoms with Crippen LogP contribution in [0.1, 0.15) is 32.8 Å². The topological polar surface area (TPSA) is 37.4 Å². The first-order valence-corrected chi connectivity index (χ1v) is 8.59. The highest BCUT2D eigenvalue weighted by Crippen LogP contribution is 2.30. The number of allylic oxidation sites excluding steroid dienone is 5. The number of ether oxygens (including phenoxy) is 1. The summed E-state index contributed by atoms with van der Waals surface area (Å²) in [7, 11) is 1.80. The normalized spacial score (nSPS) is 17.6. The second kappa shape index (κ2) is 8.56. The summed E-state index contributed by atoms with van der Waals surface area (Å²) in [6, 6.07) is 1.13. The number of alkyl halides is 3. The van der Waals surface area contributed by atoms with Gasteiger partial charge in [0.1, 0.15) is 0 Å². The van der Waals surface area contributed by atoms with Crippen LogP contribution in [0.5, 0.6) is 5.88 Å². The van der Waals surface area contributed by atoms with Gasteiger partial charge in [0.25, 0.3) is 5.88 Å². The van der Waals surface area contributed by atoms with Gasteiger partial charge >= 0.3 is 6.18 Å². The average Bonchev–Trinajstić information content (AvgIpc) is 2.59. The van der Waals surface area contributed by atoms with Gasteiger partial charge in [0.15, 0.2) is 12.4 Å². The molecular weight excluding hydrogens is 362 g/mol. The molecule has 0 fully saturated rings. The maximum absolute atomic E-state index is 14.1. The molecule has 1 unspecified atom stereocenters. The number of aromatic nitrogens is 1. The van der Waals surface area contributed by atoms with Gasteiger partial charge < -0.3 is 4.74 Å². The second-order valence-electron chi connectivity index (χ2n) is 6.34. The van der Waals surface area contributed by atoms with Gasteiger partial charge in [-0.25, -0.2) is 14.8 Å². The number of hydrogen-bond acceptors (Lipinski definition) is 4. The van der Waals surface area contributed by atoms with Crippen LogP contribution in [0.3, 0.4) is 0 Å². The number of nitrogens with zero attached hydrogens (tertiary/aromatic N) is 2. The third-order valence-corrected chi connectivity index (χ3v) is 4.11. The smallest absolute Gasteiger partial charge is 0.422 e. The lowest BCUT2D eigenvalue weighted by atomic mass is 9.99. The van der Waals surface area contributed by atoms with Crippen LogP contribution in [0, 0.1) is 11.7 Å². The molecule has 1 aliphatic rings. The number of halogens is 4. The van der Waals surface area contributed by atoms with E-state index >= 15 is 0 Å². The van der Waals surface area contributed by atoms with Crippen molar-refractivity contribution in [2.75, 3.05) is 13.7 Å². The summed E-state index contributed by atoms with van der Waals surface area (Å²) < 4.78 is 55.2. The lowest BCUT2D eigenvalue weighted by Crippen LogP contribution is -2.33. The minimum absolute atomic E-state index is 0.340. The molecule has 2 heterocycles. The molecule has 8 heteroatoms. The van der Waals surface area contributed by atoms with E-state index in [2.05, 4.69) is 35.1 Å². The van der Waals surface area contributed by atoms with E-state index < -0.39 is 24.5 Å². The number of pyridine rings is 1. The van der Waals surface area contributed by atoms with Crippen LogP contribution < -0.4 is 10.2 Å². The van der Waals surface area contributed by atoms with Gasteiger partial charge in [-0.15, -0.1) is 0 Å². The number of rotatable bonds is 6. The van der Waals surface area contributed by atoms with E-state index in [1.165, 1.54) is 6.20 Å². The Balaban J connectivity index is 2.33. The Bertz CT molecular complexity index is 769. The van der Waals surface area contributed by atoms with E-state index in [0.717, 1.165) is 23.9 Å². The molecule has 1 N–H and O–H groups in total. The Hall–Kier alpha value is -2.35. The Labute approximate surface area is 156 Å². The van der Waals surface area contributed by atoms with Crippen LogP contribution in [0.2, 0.25) is 0 Å². The van der Waals surface area contributed by atoms with E-state index in [1.807, 2.05) is 24.1 Å². The SMILES string of the molecule is CCC(C)/C=C1/C=C(c2cnc(OCC(F)(F)F)c(F)c2)C=C(C)N1NC. The molecule has 0 aromatic carbocycles. The fourth-order valence-electron chi connectivity index (χ4n) is 2.60. The molecule has 1 aromatic heterocycles. The summed E-state index contributed by atoms with van der Waals surface area (Å²) in [5, 5.41) is 1.90. The van der Waals surface area contributed by atoms with E-state index in [4.69, 9.17) is 0 Å². The fraction of sp³-hybridized carbons (Fsp3) is 0.421. The molecule has 1 atom stereocenters. The van der Waals surface area contributed by atoms with Gasteiger partial charge in [0.05, 0.1) is 5.70 Å². The van der Waals surface area contributed by atoms with Crippen LogP contribution >= 0.6 is 0 Å². The molecule has 4 nitrogen and oxygen atoms in total. The Morgan fingerprint density at radius 2 is 2.04 bits per heavy atom. The van der Waals surface area contributed by atoms with Crippen LogP contribution in [0.4, 0.5) is 17.6 Å². The maximum Gasteiger partial charge on any atom is 0.422 e. The molecule has 2 rings (SSSR count). The van der Waals surface area contributed by atoms with Gasteiger partial charge in [-0.1, -0.05) is 26.3 Å². The zero-order valence-electron chi connectivity index (χ0n) is 15.7. The zero-order valence-corrected chi connectivity index (χ0v) is 15.7. The molecule has 0 saturated carbocycles. The molecular formula is C19H23F4N3O. The Morgan fingerprint density at radius 3 is 2.59 bits per heavy atom. The van der Waals surface area contributed by atoms with E-state index in [1.54, 1.807) is 7.05 Å². The van der Waals surface area contributed by atoms with Crippen LogP contribution in [0.15, 0.2) is 41.9 Å². The summed E-state index contributed by atoms with van der Waals surface area (Å²) in [6.45, 7) is 4.49. The largest absolute Gasteiger partial charge is 0.466 e. The molecule has 0 radical (unpaired) electrons. The molecule has 0 amide bonds. The van der Waals surface area contributed by atoms with Crippen molar-refractivity contribution >= 4 is 5.57 Å². The maximum atomic E-state index is 14.1. The fourth-order valence-corrected chi connectivity index (χ4v) is 2.60. The molecule has 1 aliphatic heterocycles. The lowest BCUT2D eigenvalue weighted by Gasteiger charge is -2.30. The monoisotopic (exact) mass is 385 g/mol. The first-order valence-electron chi connectivity index (χ1n) is 8.59. The summed E-state index contributed by atoms with van der Waals surface area (Å²) in [5.41, 5.74) is 6.05. The van der Waals surface area contributed by atoms with Crippen molar-refractivity contribution in [1.82, 2.24) is 15.4 Å². The van der Waals surface area contributed by atoms with Gasteiger partial charge in [-0.05, 0) is 36.6 Å². The van der Waals surface area contributed by atoms with Crippen LogP contribution in [0.25, 0.3) is 5.57 Å². The summed E-state index contributed by atoms with van der Waals surface area (Å²) >= 11 is 0. The predicted octanol–water partition coefficient (Wildman–Crippen LogP) is 4.83. The first kappa shape index (κ1) is 21.0. The number of nitrogens with one attached hydrogen (secondary N) is 1. The lowest BCUT2D eigenvalue weighted by molar-refractivity contribution is -0.154. The molecule has 0 spiro atoms. The van der Waals surface area contributed by atoms with Crippen molar-refractivity contribution in [2.24, 2.45) is 5.92 Å². The minimum Gasteiger partial charge on any atom is -0.466 e. The molecule has 1 aromatic rings. The van der Waals surface area contributed by atoms with Crippen molar-refractivity contribution in [3.05, 3.63) is 53.3 Å². The van der Waals surface area contributed by atoms with Crippen molar-refractivity contribution in [3.63, 3.8) is 0 Å². The van der Waals surface area contributed by atoms with Gasteiger partial charge in [0, 0.05) is 24.5 Å². The molecule has 27 heavy (non-hydrogen) atoms. The Kier molecular flexibility index (Phi) is 6.64.